The first-order chi connectivity index (χ1) is 8.13. The van der Waals surface area contributed by atoms with E-state index in [9.17, 15) is 14.9 Å². The van der Waals surface area contributed by atoms with Crippen molar-refractivity contribution in [2.75, 3.05) is 19.6 Å². The van der Waals surface area contributed by atoms with E-state index in [1.807, 2.05) is 19.1 Å². The molecule has 92 valence electrons. The van der Waals surface area contributed by atoms with Gasteiger partial charge in [-0.3, -0.25) is 19.9 Å². The van der Waals surface area contributed by atoms with E-state index in [4.69, 9.17) is 0 Å². The number of nitro groups is 1. The van der Waals surface area contributed by atoms with E-state index in [2.05, 4.69) is 4.98 Å². The maximum atomic E-state index is 11.5. The Labute approximate surface area is 99.4 Å². The van der Waals surface area contributed by atoms with Crippen molar-refractivity contribution in [3.05, 3.63) is 40.2 Å². The van der Waals surface area contributed by atoms with Crippen molar-refractivity contribution in [2.45, 2.75) is 13.3 Å². The van der Waals surface area contributed by atoms with E-state index in [-0.39, 0.29) is 0 Å². The summed E-state index contributed by atoms with van der Waals surface area (Å²) in [5.41, 5.74) is 1.06. The van der Waals surface area contributed by atoms with Crippen LogP contribution in [0.1, 0.15) is 12.5 Å². The second-order valence-corrected chi connectivity index (χ2v) is 3.57. The van der Waals surface area contributed by atoms with Gasteiger partial charge in [-0.25, -0.2) is 0 Å². The van der Waals surface area contributed by atoms with Gasteiger partial charge >= 0.3 is 0 Å². The normalized spacial score (nSPS) is 9.94. The molecule has 1 rings (SSSR count). The number of rotatable bonds is 6. The number of pyridine rings is 1. The summed E-state index contributed by atoms with van der Waals surface area (Å²) in [5.74, 6) is -0.438. The van der Waals surface area contributed by atoms with Crippen molar-refractivity contribution >= 4 is 5.91 Å². The molecule has 6 nitrogen and oxygen atoms in total. The van der Waals surface area contributed by atoms with E-state index >= 15 is 0 Å². The molecule has 0 atom stereocenters. The largest absolute Gasteiger partial charge is 0.337 e. The molecule has 0 aromatic carbocycles. The average Bonchev–Trinajstić information content (AvgIpc) is 2.30. The molecule has 17 heavy (non-hydrogen) atoms. The minimum Gasteiger partial charge on any atom is -0.337 e. The molecule has 0 fully saturated rings. The zero-order chi connectivity index (χ0) is 12.7. The molecule has 1 heterocycles. The molecule has 0 radical (unpaired) electrons. The van der Waals surface area contributed by atoms with Crippen LogP contribution in [0.3, 0.4) is 0 Å². The van der Waals surface area contributed by atoms with Crippen LogP contribution >= 0.6 is 0 Å². The molecule has 1 aromatic rings. The van der Waals surface area contributed by atoms with Crippen LogP contribution in [0.15, 0.2) is 24.5 Å². The first-order valence-electron chi connectivity index (χ1n) is 5.42. The number of aromatic nitrogens is 1. The van der Waals surface area contributed by atoms with Gasteiger partial charge in [0.25, 0.3) is 12.5 Å². The fraction of sp³-hybridized carbons (Fsp3) is 0.455. The van der Waals surface area contributed by atoms with Crippen LogP contribution in [0, 0.1) is 10.1 Å². The van der Waals surface area contributed by atoms with Crippen molar-refractivity contribution in [2.24, 2.45) is 0 Å². The summed E-state index contributed by atoms with van der Waals surface area (Å²) < 4.78 is 0. The summed E-state index contributed by atoms with van der Waals surface area (Å²) in [6, 6.07) is 3.73. The molecular weight excluding hydrogens is 222 g/mol. The third kappa shape index (κ3) is 4.58. The highest BCUT2D eigenvalue weighted by Gasteiger charge is 2.16. The number of hydrogen-bond acceptors (Lipinski definition) is 4. The van der Waals surface area contributed by atoms with Crippen molar-refractivity contribution in [3.63, 3.8) is 0 Å². The predicted molar refractivity (Wildman–Crippen MR) is 62.1 cm³/mol. The Balaban J connectivity index is 2.47. The first kappa shape index (κ1) is 13.1. The molecule has 0 aliphatic heterocycles. The summed E-state index contributed by atoms with van der Waals surface area (Å²) in [4.78, 5) is 26.5. The van der Waals surface area contributed by atoms with Crippen LogP contribution < -0.4 is 0 Å². The SMILES string of the molecule is CCN(CCc1ccncc1)C(=O)C[N+](=O)[O-]. The Morgan fingerprint density at radius 1 is 1.47 bits per heavy atom. The van der Waals surface area contributed by atoms with E-state index in [1.165, 1.54) is 4.90 Å². The number of amides is 1. The lowest BCUT2D eigenvalue weighted by Gasteiger charge is -2.18. The smallest absolute Gasteiger partial charge is 0.294 e. The van der Waals surface area contributed by atoms with Gasteiger partial charge in [-0.05, 0) is 31.0 Å². The lowest BCUT2D eigenvalue weighted by molar-refractivity contribution is -0.468. The van der Waals surface area contributed by atoms with Gasteiger partial charge in [0.05, 0.1) is 0 Å². The van der Waals surface area contributed by atoms with Crippen LogP contribution in [-0.4, -0.2) is 40.3 Å². The van der Waals surface area contributed by atoms with Gasteiger partial charge in [0.2, 0.25) is 0 Å². The molecule has 0 saturated carbocycles. The second-order valence-electron chi connectivity index (χ2n) is 3.57. The van der Waals surface area contributed by atoms with Gasteiger partial charge in [-0.2, -0.15) is 0 Å². The Bertz CT molecular complexity index is 381. The molecule has 1 amide bonds. The second kappa shape index (κ2) is 6.57. The molecule has 0 aliphatic carbocycles. The maximum Gasteiger partial charge on any atom is 0.294 e. The Kier molecular flexibility index (Phi) is 5.06. The number of likely N-dealkylation sites (N-methyl/N-ethyl adjacent to an activating group) is 1. The lowest BCUT2D eigenvalue weighted by Crippen LogP contribution is -2.36. The molecule has 1 aromatic heterocycles. The standard InChI is InChI=1S/C11H15N3O3/c1-2-13(11(15)9-14(16)17)8-5-10-3-6-12-7-4-10/h3-4,6-7H,2,5,8-9H2,1H3. The number of carbonyl (C=O) groups excluding carboxylic acids is 1. The highest BCUT2D eigenvalue weighted by atomic mass is 16.6. The lowest BCUT2D eigenvalue weighted by atomic mass is 10.2. The summed E-state index contributed by atoms with van der Waals surface area (Å²) >= 11 is 0. The van der Waals surface area contributed by atoms with Crippen molar-refractivity contribution < 1.29 is 9.72 Å². The van der Waals surface area contributed by atoms with E-state index in [0.29, 0.717) is 19.5 Å². The highest BCUT2D eigenvalue weighted by molar-refractivity contribution is 5.77. The predicted octanol–water partition coefficient (Wildman–Crippen LogP) is 0.749. The van der Waals surface area contributed by atoms with Gasteiger partial charge in [0, 0.05) is 30.4 Å². The highest BCUT2D eigenvalue weighted by Crippen LogP contribution is 2.00. The Hall–Kier alpha value is -1.98. The third-order valence-corrected chi connectivity index (χ3v) is 2.42. The van der Waals surface area contributed by atoms with Crippen LogP contribution in [-0.2, 0) is 11.2 Å². The zero-order valence-electron chi connectivity index (χ0n) is 9.70. The van der Waals surface area contributed by atoms with Gasteiger partial charge < -0.3 is 4.90 Å². The molecule has 0 saturated heterocycles. The minimum absolute atomic E-state index is 0.438. The van der Waals surface area contributed by atoms with Crippen molar-refractivity contribution in [1.29, 1.82) is 0 Å². The Morgan fingerprint density at radius 2 is 2.12 bits per heavy atom. The monoisotopic (exact) mass is 237 g/mol. The third-order valence-electron chi connectivity index (χ3n) is 2.42. The number of carbonyl (C=O) groups is 1. The van der Waals surface area contributed by atoms with Crippen molar-refractivity contribution in [3.8, 4) is 0 Å². The number of hydrogen-bond donors (Lipinski definition) is 0. The molecule has 0 bridgehead atoms. The summed E-state index contributed by atoms with van der Waals surface area (Å²) in [6.07, 6.45) is 4.05. The van der Waals surface area contributed by atoms with E-state index in [0.717, 1.165) is 5.56 Å². The van der Waals surface area contributed by atoms with E-state index < -0.39 is 17.4 Å². The summed E-state index contributed by atoms with van der Waals surface area (Å²) in [5, 5.41) is 10.3. The van der Waals surface area contributed by atoms with Crippen molar-refractivity contribution in [1.82, 2.24) is 9.88 Å². The molecule has 0 aliphatic rings. The van der Waals surface area contributed by atoms with Crippen LogP contribution in [0.2, 0.25) is 0 Å². The quantitative estimate of drug-likeness (QED) is 0.540. The topological polar surface area (TPSA) is 76.3 Å². The maximum absolute atomic E-state index is 11.5. The van der Waals surface area contributed by atoms with Crippen LogP contribution in [0.25, 0.3) is 0 Å². The van der Waals surface area contributed by atoms with Crippen LogP contribution in [0.4, 0.5) is 0 Å². The molecular formula is C11H15N3O3. The average molecular weight is 237 g/mol. The fourth-order valence-electron chi connectivity index (χ4n) is 1.48. The van der Waals surface area contributed by atoms with Crippen LogP contribution in [0.5, 0.6) is 0 Å². The first-order valence-corrected chi connectivity index (χ1v) is 5.42. The molecule has 6 heteroatoms. The minimum atomic E-state index is -0.635. The van der Waals surface area contributed by atoms with Gasteiger partial charge in [0.15, 0.2) is 0 Å². The zero-order valence-corrected chi connectivity index (χ0v) is 9.70. The molecule has 0 N–H and O–H groups in total. The molecule has 0 unspecified atom stereocenters. The van der Waals surface area contributed by atoms with Gasteiger partial charge in [-0.15, -0.1) is 0 Å². The summed E-state index contributed by atoms with van der Waals surface area (Å²) in [6.45, 7) is 2.15. The van der Waals surface area contributed by atoms with E-state index in [1.54, 1.807) is 12.4 Å². The van der Waals surface area contributed by atoms with Gasteiger partial charge in [-0.1, -0.05) is 0 Å². The van der Waals surface area contributed by atoms with Gasteiger partial charge in [0.1, 0.15) is 0 Å². The number of nitrogens with zero attached hydrogens (tertiary/aromatic N) is 3. The summed E-state index contributed by atoms with van der Waals surface area (Å²) in [7, 11) is 0. The Morgan fingerprint density at radius 3 is 2.65 bits per heavy atom. The fourth-order valence-corrected chi connectivity index (χ4v) is 1.48. The molecule has 0 spiro atoms.